The third-order valence-corrected chi connectivity index (χ3v) is 7.55. The molecule has 0 aromatic heterocycles. The lowest BCUT2D eigenvalue weighted by Crippen LogP contribution is -2.27. The Bertz CT molecular complexity index is 1640. The number of ether oxygens (including phenoxy) is 3. The molecule has 4 aromatic rings. The van der Waals surface area contributed by atoms with Crippen LogP contribution in [0, 0.1) is 5.82 Å². The van der Waals surface area contributed by atoms with Crippen molar-refractivity contribution in [2.24, 2.45) is 0 Å². The number of fused-ring (bicyclic) bond motifs is 2. The summed E-state index contributed by atoms with van der Waals surface area (Å²) in [6.07, 6.45) is 1.66. The zero-order valence-corrected chi connectivity index (χ0v) is 21.4. The molecule has 0 spiro atoms. The maximum atomic E-state index is 14.2. The fourth-order valence-corrected chi connectivity index (χ4v) is 5.37. The van der Waals surface area contributed by atoms with E-state index in [4.69, 9.17) is 25.8 Å². The van der Waals surface area contributed by atoms with E-state index in [2.05, 4.69) is 0 Å². The van der Waals surface area contributed by atoms with E-state index < -0.39 is 11.1 Å². The van der Waals surface area contributed by atoms with Crippen LogP contribution in [0.3, 0.4) is 0 Å². The number of carbonyl (C=O) groups excluding carboxylic acids is 2. The first-order valence-corrected chi connectivity index (χ1v) is 12.9. The van der Waals surface area contributed by atoms with Crippen LogP contribution in [-0.4, -0.2) is 22.8 Å². The molecule has 0 bridgehead atoms. The molecule has 2 aliphatic rings. The number of halogens is 2. The Labute approximate surface area is 226 Å². The second-order valence-corrected chi connectivity index (χ2v) is 10.0. The average Bonchev–Trinajstić information content (AvgIpc) is 3.48. The summed E-state index contributed by atoms with van der Waals surface area (Å²) in [5.41, 5.74) is 1.61. The van der Waals surface area contributed by atoms with E-state index in [1.807, 2.05) is 30.3 Å². The maximum Gasteiger partial charge on any atom is 0.293 e. The molecule has 0 N–H and O–H groups in total. The van der Waals surface area contributed by atoms with Crippen molar-refractivity contribution < 1.29 is 28.2 Å². The largest absolute Gasteiger partial charge is 0.488 e. The molecule has 9 heteroatoms. The zero-order chi connectivity index (χ0) is 26.2. The smallest absolute Gasteiger partial charge is 0.293 e. The normalized spacial score (nSPS) is 15.6. The highest BCUT2D eigenvalue weighted by Crippen LogP contribution is 2.40. The second-order valence-electron chi connectivity index (χ2n) is 8.64. The molecule has 1 saturated heterocycles. The number of rotatable bonds is 6. The lowest BCUT2D eigenvalue weighted by Gasteiger charge is -2.15. The van der Waals surface area contributed by atoms with Gasteiger partial charge in [0.2, 0.25) is 6.79 Å². The van der Waals surface area contributed by atoms with Crippen LogP contribution < -0.4 is 14.2 Å². The van der Waals surface area contributed by atoms with Crippen molar-refractivity contribution in [2.75, 3.05) is 6.79 Å². The van der Waals surface area contributed by atoms with Gasteiger partial charge in [-0.15, -0.1) is 0 Å². The summed E-state index contributed by atoms with van der Waals surface area (Å²) in [5, 5.41) is 1.73. The van der Waals surface area contributed by atoms with Crippen molar-refractivity contribution in [3.63, 3.8) is 0 Å². The Morgan fingerprint density at radius 2 is 1.74 bits per heavy atom. The van der Waals surface area contributed by atoms with Crippen molar-refractivity contribution in [1.82, 2.24) is 4.90 Å². The predicted octanol–water partition coefficient (Wildman–Crippen LogP) is 7.18. The highest BCUT2D eigenvalue weighted by molar-refractivity contribution is 8.18. The summed E-state index contributed by atoms with van der Waals surface area (Å²) in [6, 6.07) is 21.0. The summed E-state index contributed by atoms with van der Waals surface area (Å²) in [4.78, 5) is 27.6. The Morgan fingerprint density at radius 3 is 2.58 bits per heavy atom. The molecule has 190 valence electrons. The van der Waals surface area contributed by atoms with E-state index in [1.165, 1.54) is 6.07 Å². The van der Waals surface area contributed by atoms with Crippen LogP contribution in [0.5, 0.6) is 17.2 Å². The molecule has 2 amide bonds. The van der Waals surface area contributed by atoms with Crippen molar-refractivity contribution in [3.8, 4) is 17.2 Å². The molecular formula is C29H19ClFNO5S. The molecule has 0 atom stereocenters. The van der Waals surface area contributed by atoms with E-state index in [1.54, 1.807) is 42.5 Å². The van der Waals surface area contributed by atoms with E-state index in [-0.39, 0.29) is 30.7 Å². The molecular weight excluding hydrogens is 529 g/mol. The molecule has 0 saturated carbocycles. The molecule has 0 aliphatic carbocycles. The summed E-state index contributed by atoms with van der Waals surface area (Å²) < 4.78 is 30.9. The van der Waals surface area contributed by atoms with Crippen LogP contribution in [0.2, 0.25) is 5.02 Å². The van der Waals surface area contributed by atoms with Gasteiger partial charge in [0.15, 0.2) is 11.5 Å². The predicted molar refractivity (Wildman–Crippen MR) is 144 cm³/mol. The van der Waals surface area contributed by atoms with Gasteiger partial charge >= 0.3 is 0 Å². The van der Waals surface area contributed by atoms with Crippen molar-refractivity contribution in [3.05, 3.63) is 105 Å². The number of amides is 2. The highest BCUT2D eigenvalue weighted by atomic mass is 35.5. The van der Waals surface area contributed by atoms with Crippen molar-refractivity contribution in [1.29, 1.82) is 0 Å². The number of thioether (sulfide) groups is 1. The molecule has 1 fully saturated rings. The summed E-state index contributed by atoms with van der Waals surface area (Å²) in [5.74, 6) is 0.698. The van der Waals surface area contributed by atoms with E-state index >= 15 is 0 Å². The van der Waals surface area contributed by atoms with Crippen LogP contribution in [-0.2, 0) is 17.9 Å². The number of carbonyl (C=O) groups is 2. The van der Waals surface area contributed by atoms with Gasteiger partial charge in [-0.05, 0) is 52.4 Å². The van der Waals surface area contributed by atoms with E-state index in [0.717, 1.165) is 27.4 Å². The van der Waals surface area contributed by atoms with Crippen LogP contribution in [0.4, 0.5) is 9.18 Å². The van der Waals surface area contributed by atoms with Crippen molar-refractivity contribution >= 4 is 51.4 Å². The van der Waals surface area contributed by atoms with Gasteiger partial charge in [0.05, 0.1) is 11.4 Å². The Balaban J connectivity index is 1.32. The average molecular weight is 548 g/mol. The minimum Gasteiger partial charge on any atom is -0.488 e. The van der Waals surface area contributed by atoms with E-state index in [9.17, 15) is 14.0 Å². The van der Waals surface area contributed by atoms with Crippen LogP contribution in [0.25, 0.3) is 16.8 Å². The SMILES string of the molecule is O=C1S/C(=C\c2c(OCc3ccccc3F)ccc3ccccc23)C(=O)N1Cc1cc2c(cc1Cl)OCO2. The lowest BCUT2D eigenvalue weighted by atomic mass is 10.0. The van der Waals surface area contributed by atoms with Gasteiger partial charge in [-0.2, -0.15) is 0 Å². The molecule has 6 rings (SSSR count). The van der Waals surface area contributed by atoms with Crippen LogP contribution >= 0.6 is 23.4 Å². The molecule has 38 heavy (non-hydrogen) atoms. The molecule has 6 nitrogen and oxygen atoms in total. The second kappa shape index (κ2) is 10.0. The quantitative estimate of drug-likeness (QED) is 0.238. The number of hydrogen-bond acceptors (Lipinski definition) is 6. The standard InChI is InChI=1S/C29H19ClFNO5S/c30-22-13-26-25(36-16-37-26)11-19(22)14-32-28(33)27(38-29(32)34)12-21-20-7-3-1-5-17(20)9-10-24(21)35-15-18-6-2-4-8-23(18)31/h1-13H,14-16H2/b27-12-. The Kier molecular flexibility index (Phi) is 6.43. The highest BCUT2D eigenvalue weighted by Gasteiger charge is 2.36. The van der Waals surface area contributed by atoms with Gasteiger partial charge in [-0.1, -0.05) is 60.1 Å². The minimum atomic E-state index is -0.443. The molecule has 2 heterocycles. The van der Waals surface area contributed by atoms with Gasteiger partial charge < -0.3 is 14.2 Å². The number of benzene rings is 4. The van der Waals surface area contributed by atoms with Crippen LogP contribution in [0.1, 0.15) is 16.7 Å². The van der Waals surface area contributed by atoms with E-state index in [0.29, 0.717) is 39.0 Å². The first kappa shape index (κ1) is 24.3. The van der Waals surface area contributed by atoms with Gasteiger partial charge in [-0.3, -0.25) is 14.5 Å². The number of imide groups is 1. The fraction of sp³-hybridized carbons (Fsp3) is 0.103. The van der Waals surface area contributed by atoms with Crippen LogP contribution in [0.15, 0.2) is 77.7 Å². The van der Waals surface area contributed by atoms with Crippen molar-refractivity contribution in [2.45, 2.75) is 13.2 Å². The summed E-state index contributed by atoms with van der Waals surface area (Å²) >= 11 is 7.23. The van der Waals surface area contributed by atoms with Gasteiger partial charge in [0, 0.05) is 22.2 Å². The maximum absolute atomic E-state index is 14.2. The molecule has 0 unspecified atom stereocenters. The number of nitrogens with zero attached hydrogens (tertiary/aromatic N) is 1. The number of hydrogen-bond donors (Lipinski definition) is 0. The first-order chi connectivity index (χ1) is 18.5. The first-order valence-electron chi connectivity index (χ1n) is 11.7. The monoisotopic (exact) mass is 547 g/mol. The topological polar surface area (TPSA) is 65.1 Å². The zero-order valence-electron chi connectivity index (χ0n) is 19.8. The molecule has 4 aromatic carbocycles. The Morgan fingerprint density at radius 1 is 0.974 bits per heavy atom. The van der Waals surface area contributed by atoms with Gasteiger partial charge in [0.25, 0.3) is 11.1 Å². The fourth-order valence-electron chi connectivity index (χ4n) is 4.34. The molecule has 0 radical (unpaired) electrons. The lowest BCUT2D eigenvalue weighted by molar-refractivity contribution is -0.123. The molecule has 2 aliphatic heterocycles. The Hall–Kier alpha value is -4.01. The third-order valence-electron chi connectivity index (χ3n) is 6.29. The van der Waals surface area contributed by atoms with Gasteiger partial charge in [0.1, 0.15) is 18.2 Å². The summed E-state index contributed by atoms with van der Waals surface area (Å²) in [6.45, 7) is 0.0887. The van der Waals surface area contributed by atoms with Gasteiger partial charge in [-0.25, -0.2) is 4.39 Å². The summed E-state index contributed by atoms with van der Waals surface area (Å²) in [7, 11) is 0. The minimum absolute atomic E-state index is 0.00987. The third kappa shape index (κ3) is 4.57.